The Morgan fingerprint density at radius 2 is 0.864 bits per heavy atom. The van der Waals surface area contributed by atoms with Gasteiger partial charge in [0.1, 0.15) is 0 Å². The van der Waals surface area contributed by atoms with E-state index in [1.807, 2.05) is 0 Å². The molecule has 1 radical (unpaired) electrons. The number of hydrogen-bond acceptors (Lipinski definition) is 0. The maximum absolute atomic E-state index is 10.6. The fourth-order valence-corrected chi connectivity index (χ4v) is 3.39. The van der Waals surface area contributed by atoms with Crippen LogP contribution in [0.15, 0.2) is 0 Å². The Balaban J connectivity index is 3.65. The molecule has 0 amide bonds. The average Bonchev–Trinajstić information content (AvgIpc) is 2.53. The van der Waals surface area contributed by atoms with Crippen molar-refractivity contribution in [1.82, 2.24) is 0 Å². The van der Waals surface area contributed by atoms with E-state index in [-0.39, 0.29) is 6.61 Å². The summed E-state index contributed by atoms with van der Waals surface area (Å²) in [7, 11) is 0. The van der Waals surface area contributed by atoms with Gasteiger partial charge >= 0.3 is 0 Å². The fraction of sp³-hybridized carbons (Fsp3) is 1.00. The van der Waals surface area contributed by atoms with Crippen LogP contribution in [0.2, 0.25) is 0 Å². The van der Waals surface area contributed by atoms with E-state index in [1.54, 1.807) is 0 Å². The minimum Gasteiger partial charge on any atom is -0.237 e. The van der Waals surface area contributed by atoms with Crippen molar-refractivity contribution in [2.45, 2.75) is 123 Å². The lowest BCUT2D eigenvalue weighted by Gasteiger charge is -2.16. The van der Waals surface area contributed by atoms with Crippen molar-refractivity contribution in [2.24, 2.45) is 5.92 Å². The predicted molar refractivity (Wildman–Crippen MR) is 98.9 cm³/mol. The Bertz CT molecular complexity index is 174. The van der Waals surface area contributed by atoms with Crippen LogP contribution in [0.5, 0.6) is 0 Å². The molecule has 0 bridgehead atoms. The summed E-state index contributed by atoms with van der Waals surface area (Å²) in [5, 5.41) is 10.6. The summed E-state index contributed by atoms with van der Waals surface area (Å²) < 4.78 is 0. The molecule has 0 aromatic heterocycles. The molecule has 0 unspecified atom stereocenters. The number of hydrogen-bond donors (Lipinski definition) is 0. The third kappa shape index (κ3) is 16.3. The fourth-order valence-electron chi connectivity index (χ4n) is 3.39. The average molecular weight is 312 g/mol. The van der Waals surface area contributed by atoms with Crippen LogP contribution in [-0.2, 0) is 5.11 Å². The van der Waals surface area contributed by atoms with Gasteiger partial charge in [0.15, 0.2) is 0 Å². The van der Waals surface area contributed by atoms with Crippen molar-refractivity contribution in [2.75, 3.05) is 6.61 Å². The lowest BCUT2D eigenvalue weighted by molar-refractivity contribution is 0.183. The minimum absolute atomic E-state index is 0.126. The zero-order valence-corrected chi connectivity index (χ0v) is 15.7. The molecular weight excluding hydrogens is 268 g/mol. The summed E-state index contributed by atoms with van der Waals surface area (Å²) in [4.78, 5) is 0. The van der Waals surface area contributed by atoms with Crippen molar-refractivity contribution < 1.29 is 5.11 Å². The first-order valence-corrected chi connectivity index (χ1v) is 10.4. The molecule has 0 aliphatic rings. The third-order valence-electron chi connectivity index (χ3n) is 4.94. The van der Waals surface area contributed by atoms with Gasteiger partial charge in [-0.3, -0.25) is 0 Å². The smallest absolute Gasteiger partial charge is 0.0822 e. The maximum Gasteiger partial charge on any atom is 0.0822 e. The van der Waals surface area contributed by atoms with Gasteiger partial charge in [0, 0.05) is 0 Å². The minimum atomic E-state index is 0.126. The molecule has 1 heteroatoms. The van der Waals surface area contributed by atoms with Gasteiger partial charge in [-0.25, -0.2) is 5.11 Å². The largest absolute Gasteiger partial charge is 0.237 e. The lowest BCUT2D eigenvalue weighted by atomic mass is 9.90. The first-order valence-electron chi connectivity index (χ1n) is 10.4. The summed E-state index contributed by atoms with van der Waals surface area (Å²) in [5.74, 6) is 0.906. The van der Waals surface area contributed by atoms with Crippen molar-refractivity contribution in [1.29, 1.82) is 0 Å². The van der Waals surface area contributed by atoms with Crippen LogP contribution >= 0.6 is 0 Å². The van der Waals surface area contributed by atoms with E-state index in [0.29, 0.717) is 0 Å². The van der Waals surface area contributed by atoms with Crippen LogP contribution < -0.4 is 0 Å². The van der Waals surface area contributed by atoms with Gasteiger partial charge in [-0.2, -0.15) is 0 Å². The van der Waals surface area contributed by atoms with Crippen LogP contribution in [0.1, 0.15) is 123 Å². The van der Waals surface area contributed by atoms with Gasteiger partial charge in [0.25, 0.3) is 0 Å². The molecule has 0 aliphatic heterocycles. The molecular formula is C21H43O. The predicted octanol–water partition coefficient (Wildman–Crippen LogP) is 7.70. The highest BCUT2D eigenvalue weighted by atomic mass is 16.2. The monoisotopic (exact) mass is 311 g/mol. The van der Waals surface area contributed by atoms with E-state index >= 15 is 0 Å². The standard InChI is InChI=1S/C21H43O/c1-3-5-7-9-11-13-17-21(19-15-16-20-22)18-14-12-10-8-6-4-2/h21H,3-20H2,1-2H3. The second kappa shape index (κ2) is 19.0. The Morgan fingerprint density at radius 3 is 1.27 bits per heavy atom. The van der Waals surface area contributed by atoms with Gasteiger partial charge in [-0.05, 0) is 12.3 Å². The molecule has 0 saturated carbocycles. The van der Waals surface area contributed by atoms with E-state index in [9.17, 15) is 5.11 Å². The highest BCUT2D eigenvalue weighted by Crippen LogP contribution is 2.23. The topological polar surface area (TPSA) is 19.9 Å². The summed E-state index contributed by atoms with van der Waals surface area (Å²) in [5.41, 5.74) is 0. The van der Waals surface area contributed by atoms with Crippen LogP contribution in [-0.4, -0.2) is 6.61 Å². The van der Waals surface area contributed by atoms with Crippen molar-refractivity contribution in [3.8, 4) is 0 Å². The van der Waals surface area contributed by atoms with E-state index in [4.69, 9.17) is 0 Å². The molecule has 0 aromatic rings. The second-order valence-electron chi connectivity index (χ2n) is 7.18. The molecule has 0 saturated heterocycles. The van der Waals surface area contributed by atoms with E-state index in [0.717, 1.165) is 12.3 Å². The molecule has 0 fully saturated rings. The molecule has 0 N–H and O–H groups in total. The van der Waals surface area contributed by atoms with Crippen LogP contribution in [0, 0.1) is 5.92 Å². The van der Waals surface area contributed by atoms with Crippen molar-refractivity contribution in [3.63, 3.8) is 0 Å². The Labute approximate surface area is 141 Å². The van der Waals surface area contributed by atoms with Crippen LogP contribution in [0.3, 0.4) is 0 Å². The van der Waals surface area contributed by atoms with Crippen molar-refractivity contribution >= 4 is 0 Å². The SMILES string of the molecule is CCCCCCCCC(CCCC[O])CCCCCCCC. The number of unbranched alkanes of at least 4 members (excludes halogenated alkanes) is 11. The van der Waals surface area contributed by atoms with Gasteiger partial charge in [0.05, 0.1) is 6.61 Å². The van der Waals surface area contributed by atoms with E-state index in [1.165, 1.54) is 103 Å². The Hall–Kier alpha value is -0.0400. The molecule has 0 heterocycles. The Kier molecular flexibility index (Phi) is 19.0. The summed E-state index contributed by atoms with van der Waals surface area (Å²) in [6.07, 6.45) is 23.1. The van der Waals surface area contributed by atoms with Gasteiger partial charge in [-0.15, -0.1) is 0 Å². The molecule has 133 valence electrons. The van der Waals surface area contributed by atoms with Gasteiger partial charge in [0.2, 0.25) is 0 Å². The first kappa shape index (κ1) is 22.0. The summed E-state index contributed by atoms with van der Waals surface area (Å²) >= 11 is 0. The van der Waals surface area contributed by atoms with Gasteiger partial charge < -0.3 is 0 Å². The molecule has 0 rings (SSSR count). The van der Waals surface area contributed by atoms with Crippen LogP contribution in [0.4, 0.5) is 0 Å². The third-order valence-corrected chi connectivity index (χ3v) is 4.94. The van der Waals surface area contributed by atoms with E-state index in [2.05, 4.69) is 13.8 Å². The van der Waals surface area contributed by atoms with Crippen LogP contribution in [0.25, 0.3) is 0 Å². The second-order valence-corrected chi connectivity index (χ2v) is 7.18. The highest BCUT2D eigenvalue weighted by molar-refractivity contribution is 4.61. The normalized spacial score (nSPS) is 11.5. The molecule has 0 aliphatic carbocycles. The Morgan fingerprint density at radius 1 is 0.500 bits per heavy atom. The molecule has 0 aromatic carbocycles. The summed E-state index contributed by atoms with van der Waals surface area (Å²) in [6, 6.07) is 0. The highest BCUT2D eigenvalue weighted by Gasteiger charge is 2.08. The molecule has 22 heavy (non-hydrogen) atoms. The lowest BCUT2D eigenvalue weighted by Crippen LogP contribution is -2.02. The van der Waals surface area contributed by atoms with Gasteiger partial charge in [-0.1, -0.05) is 117 Å². The molecule has 0 atom stereocenters. The maximum atomic E-state index is 10.6. The number of rotatable bonds is 18. The molecule has 0 spiro atoms. The van der Waals surface area contributed by atoms with E-state index < -0.39 is 0 Å². The van der Waals surface area contributed by atoms with Crippen molar-refractivity contribution in [3.05, 3.63) is 0 Å². The quantitative estimate of drug-likeness (QED) is 0.231. The first-order chi connectivity index (χ1) is 10.8. The zero-order chi connectivity index (χ0) is 16.3. The summed E-state index contributed by atoms with van der Waals surface area (Å²) in [6.45, 7) is 4.69. The zero-order valence-electron chi connectivity index (χ0n) is 15.7. The molecule has 1 nitrogen and oxygen atoms in total.